The molecule has 1 aromatic rings. The molecule has 2 atom stereocenters. The van der Waals surface area contributed by atoms with Gasteiger partial charge in [-0.1, -0.05) is 0 Å². The minimum Gasteiger partial charge on any atom is -0.478 e. The Kier molecular flexibility index (Phi) is 4.99. The van der Waals surface area contributed by atoms with E-state index in [1.54, 1.807) is 6.92 Å². The summed E-state index contributed by atoms with van der Waals surface area (Å²) < 4.78 is 11.2. The number of carboxylic acid groups (broad SMARTS) is 1. The van der Waals surface area contributed by atoms with Crippen LogP contribution < -0.4 is 5.32 Å². The molecule has 0 heterocycles. The molecular formula is C11H14N2O5S. The molecule has 104 valence electrons. The van der Waals surface area contributed by atoms with Crippen LogP contribution in [0.25, 0.3) is 0 Å². The van der Waals surface area contributed by atoms with E-state index in [4.69, 9.17) is 5.11 Å². The van der Waals surface area contributed by atoms with Crippen molar-refractivity contribution in [1.82, 2.24) is 0 Å². The van der Waals surface area contributed by atoms with Crippen LogP contribution in [0.3, 0.4) is 0 Å². The fourth-order valence-electron chi connectivity index (χ4n) is 1.34. The molecule has 0 radical (unpaired) electrons. The summed E-state index contributed by atoms with van der Waals surface area (Å²) in [5.41, 5.74) is -0.139. The molecule has 0 saturated carbocycles. The Morgan fingerprint density at radius 1 is 1.58 bits per heavy atom. The van der Waals surface area contributed by atoms with E-state index in [9.17, 15) is 19.1 Å². The first-order valence-corrected chi connectivity index (χ1v) is 7.03. The smallest absolute Gasteiger partial charge is 0.335 e. The van der Waals surface area contributed by atoms with Gasteiger partial charge < -0.3 is 10.4 Å². The number of nitrogens with zero attached hydrogens (tertiary/aromatic N) is 1. The van der Waals surface area contributed by atoms with Gasteiger partial charge in [-0.3, -0.25) is 14.3 Å². The molecule has 1 aromatic carbocycles. The first-order valence-electron chi connectivity index (χ1n) is 5.40. The number of carbonyl (C=O) groups is 1. The Morgan fingerprint density at radius 2 is 2.21 bits per heavy atom. The largest absolute Gasteiger partial charge is 0.478 e. The van der Waals surface area contributed by atoms with Crippen molar-refractivity contribution >= 4 is 28.1 Å². The van der Waals surface area contributed by atoms with Gasteiger partial charge in [-0.15, -0.1) is 0 Å². The Hall–Kier alpha value is -1.96. The fraction of sp³-hybridized carbons (Fsp3) is 0.364. The lowest BCUT2D eigenvalue weighted by Crippen LogP contribution is -2.21. The van der Waals surface area contributed by atoms with Crippen LogP contribution in [0.2, 0.25) is 0 Å². The minimum atomic E-state index is -1.16. The van der Waals surface area contributed by atoms with Crippen LogP contribution in [-0.2, 0) is 10.8 Å². The van der Waals surface area contributed by atoms with Crippen molar-refractivity contribution in [1.29, 1.82) is 0 Å². The Balaban J connectivity index is 3.01. The number of aromatic carboxylic acids is 1. The molecule has 0 bridgehead atoms. The summed E-state index contributed by atoms with van der Waals surface area (Å²) in [6, 6.07) is 3.51. The maximum Gasteiger partial charge on any atom is 0.335 e. The van der Waals surface area contributed by atoms with Crippen molar-refractivity contribution in [2.24, 2.45) is 0 Å². The second kappa shape index (κ2) is 6.28. The Labute approximate surface area is 112 Å². The summed E-state index contributed by atoms with van der Waals surface area (Å²) in [7, 11) is -1.06. The van der Waals surface area contributed by atoms with Crippen molar-refractivity contribution < 1.29 is 19.0 Å². The van der Waals surface area contributed by atoms with E-state index in [-0.39, 0.29) is 28.7 Å². The zero-order chi connectivity index (χ0) is 14.6. The van der Waals surface area contributed by atoms with E-state index in [1.807, 2.05) is 0 Å². The predicted molar refractivity (Wildman–Crippen MR) is 72.1 cm³/mol. The van der Waals surface area contributed by atoms with E-state index in [1.165, 1.54) is 18.4 Å². The zero-order valence-electron chi connectivity index (χ0n) is 10.5. The normalized spacial score (nSPS) is 13.6. The highest BCUT2D eigenvalue weighted by molar-refractivity contribution is 7.84. The average molecular weight is 286 g/mol. The van der Waals surface area contributed by atoms with Crippen LogP contribution in [-0.4, -0.2) is 38.3 Å². The molecule has 2 N–H and O–H groups in total. The third-order valence-corrected chi connectivity index (χ3v) is 3.89. The van der Waals surface area contributed by atoms with Gasteiger partial charge in [0.1, 0.15) is 5.69 Å². The van der Waals surface area contributed by atoms with Gasteiger partial charge in [0, 0.05) is 34.9 Å². The number of nitro groups is 1. The van der Waals surface area contributed by atoms with E-state index < -0.39 is 21.7 Å². The first-order chi connectivity index (χ1) is 8.82. The molecule has 0 aromatic heterocycles. The monoisotopic (exact) mass is 286 g/mol. The molecule has 1 rings (SSSR count). The number of anilines is 1. The summed E-state index contributed by atoms with van der Waals surface area (Å²) >= 11 is 0. The van der Waals surface area contributed by atoms with Gasteiger partial charge in [0.05, 0.1) is 10.5 Å². The quantitative estimate of drug-likeness (QED) is 0.605. The van der Waals surface area contributed by atoms with Crippen LogP contribution in [0.4, 0.5) is 11.4 Å². The molecule has 8 heteroatoms. The van der Waals surface area contributed by atoms with Crippen LogP contribution in [0.5, 0.6) is 0 Å². The third kappa shape index (κ3) is 4.02. The lowest BCUT2D eigenvalue weighted by molar-refractivity contribution is -0.384. The zero-order valence-corrected chi connectivity index (χ0v) is 11.3. The van der Waals surface area contributed by atoms with E-state index in [0.717, 1.165) is 6.07 Å². The molecule has 0 aliphatic rings. The standard InChI is InChI=1S/C11H14N2O5S/c1-7(19(2)18)6-12-9-5-8(11(14)15)3-4-10(9)13(16)17/h3-5,7,12H,6H2,1-2H3,(H,14,15). The number of hydrogen-bond acceptors (Lipinski definition) is 5. The van der Waals surface area contributed by atoms with Crippen LogP contribution >= 0.6 is 0 Å². The Bertz CT molecular complexity index is 532. The van der Waals surface area contributed by atoms with Crippen molar-refractivity contribution in [3.8, 4) is 0 Å². The van der Waals surface area contributed by atoms with E-state index >= 15 is 0 Å². The van der Waals surface area contributed by atoms with Crippen molar-refractivity contribution in [2.75, 3.05) is 18.1 Å². The van der Waals surface area contributed by atoms with Gasteiger partial charge in [0.2, 0.25) is 0 Å². The number of carboxylic acids is 1. The maximum atomic E-state index is 11.2. The summed E-state index contributed by atoms with van der Waals surface area (Å²) in [5.74, 6) is -1.16. The first kappa shape index (κ1) is 15.1. The lowest BCUT2D eigenvalue weighted by Gasteiger charge is -2.11. The molecule has 0 saturated heterocycles. The van der Waals surface area contributed by atoms with Gasteiger partial charge in [-0.2, -0.15) is 0 Å². The highest BCUT2D eigenvalue weighted by Crippen LogP contribution is 2.25. The van der Waals surface area contributed by atoms with Gasteiger partial charge >= 0.3 is 5.97 Å². The van der Waals surface area contributed by atoms with Crippen LogP contribution in [0.15, 0.2) is 18.2 Å². The number of benzene rings is 1. The topological polar surface area (TPSA) is 110 Å². The number of nitro benzene ring substituents is 1. The van der Waals surface area contributed by atoms with Crippen molar-refractivity contribution in [2.45, 2.75) is 12.2 Å². The predicted octanol–water partition coefficient (Wildman–Crippen LogP) is 1.47. The molecule has 0 aliphatic heterocycles. The van der Waals surface area contributed by atoms with E-state index in [0.29, 0.717) is 0 Å². The van der Waals surface area contributed by atoms with Gasteiger partial charge in [0.25, 0.3) is 5.69 Å². The van der Waals surface area contributed by atoms with Crippen molar-refractivity contribution in [3.05, 3.63) is 33.9 Å². The molecule has 19 heavy (non-hydrogen) atoms. The molecule has 7 nitrogen and oxygen atoms in total. The minimum absolute atomic E-state index is 0.0432. The SMILES string of the molecule is CC(CNc1cc(C(=O)O)ccc1[N+](=O)[O-])S(C)=O. The molecule has 0 fully saturated rings. The summed E-state index contributed by atoms with van der Waals surface area (Å²) in [4.78, 5) is 21.1. The third-order valence-electron chi connectivity index (χ3n) is 2.59. The fourth-order valence-corrected chi connectivity index (χ4v) is 1.66. The summed E-state index contributed by atoms with van der Waals surface area (Å²) in [6.45, 7) is 1.99. The lowest BCUT2D eigenvalue weighted by atomic mass is 10.1. The van der Waals surface area contributed by atoms with Crippen LogP contribution in [0.1, 0.15) is 17.3 Å². The molecule has 2 unspecified atom stereocenters. The van der Waals surface area contributed by atoms with Crippen LogP contribution in [0, 0.1) is 10.1 Å². The maximum absolute atomic E-state index is 11.2. The Morgan fingerprint density at radius 3 is 2.68 bits per heavy atom. The molecular weight excluding hydrogens is 272 g/mol. The van der Waals surface area contributed by atoms with Gasteiger partial charge in [-0.05, 0) is 19.1 Å². The van der Waals surface area contributed by atoms with Gasteiger partial charge in [0.15, 0.2) is 0 Å². The average Bonchev–Trinajstić information content (AvgIpc) is 2.34. The second-order valence-electron chi connectivity index (χ2n) is 3.98. The van der Waals surface area contributed by atoms with E-state index in [2.05, 4.69) is 5.32 Å². The molecule has 0 amide bonds. The summed E-state index contributed by atoms with van der Waals surface area (Å²) in [6.07, 6.45) is 1.54. The van der Waals surface area contributed by atoms with Crippen molar-refractivity contribution in [3.63, 3.8) is 0 Å². The molecule has 0 spiro atoms. The second-order valence-corrected chi connectivity index (χ2v) is 5.79. The molecule has 0 aliphatic carbocycles. The number of nitrogens with one attached hydrogen (secondary N) is 1. The highest BCUT2D eigenvalue weighted by atomic mass is 32.2. The number of hydrogen-bond donors (Lipinski definition) is 2. The highest BCUT2D eigenvalue weighted by Gasteiger charge is 2.17. The summed E-state index contributed by atoms with van der Waals surface area (Å²) in [5, 5.41) is 22.3. The number of rotatable bonds is 6. The van der Waals surface area contributed by atoms with Gasteiger partial charge in [-0.25, -0.2) is 4.79 Å².